The molecule has 8 heteroatoms. The topological polar surface area (TPSA) is 75.5 Å². The second kappa shape index (κ2) is 7.20. The number of carbonyl (C=O) groups excluding carboxylic acids is 1. The zero-order valence-electron chi connectivity index (χ0n) is 15.3. The Bertz CT molecular complexity index is 882. The van der Waals surface area contributed by atoms with Crippen LogP contribution in [0.15, 0.2) is 41.4 Å². The molecule has 0 bridgehead atoms. The van der Waals surface area contributed by atoms with E-state index in [1.807, 2.05) is 44.2 Å². The molecule has 0 N–H and O–H groups in total. The van der Waals surface area contributed by atoms with Crippen molar-refractivity contribution >= 4 is 15.9 Å². The van der Waals surface area contributed by atoms with Crippen LogP contribution in [0.4, 0.5) is 0 Å². The molecule has 26 heavy (non-hydrogen) atoms. The van der Waals surface area contributed by atoms with Gasteiger partial charge in [-0.3, -0.25) is 9.48 Å². The van der Waals surface area contributed by atoms with E-state index in [9.17, 15) is 13.2 Å². The molecular weight excluding hydrogens is 352 g/mol. The fraction of sp³-hybridized carbons (Fsp3) is 0.444. The molecule has 1 saturated heterocycles. The Morgan fingerprint density at radius 1 is 1.08 bits per heavy atom. The molecule has 0 atom stereocenters. The van der Waals surface area contributed by atoms with Gasteiger partial charge in [-0.2, -0.15) is 9.40 Å². The lowest BCUT2D eigenvalue weighted by atomic mass is 10.2. The van der Waals surface area contributed by atoms with E-state index in [0.717, 1.165) is 5.56 Å². The number of nitrogens with zero attached hydrogens (tertiary/aromatic N) is 4. The standard InChI is InChI=1S/C18H24N4O3S/c1-14(2)22-13-17(18(19-22)16-7-5-4-6-8-16)26(24,25)21-11-9-20(10-12-21)15(3)23/h4-8,13-14H,9-12H2,1-3H3. The van der Waals surface area contributed by atoms with Crippen LogP contribution in [0, 0.1) is 0 Å². The zero-order valence-corrected chi connectivity index (χ0v) is 16.1. The Balaban J connectivity index is 1.98. The van der Waals surface area contributed by atoms with E-state index in [1.54, 1.807) is 15.8 Å². The fourth-order valence-corrected chi connectivity index (χ4v) is 4.57. The van der Waals surface area contributed by atoms with Gasteiger partial charge in [-0.1, -0.05) is 30.3 Å². The average molecular weight is 376 g/mol. The minimum Gasteiger partial charge on any atom is -0.340 e. The number of rotatable bonds is 4. The van der Waals surface area contributed by atoms with Gasteiger partial charge in [-0.05, 0) is 13.8 Å². The van der Waals surface area contributed by atoms with Crippen molar-refractivity contribution in [2.24, 2.45) is 0 Å². The summed E-state index contributed by atoms with van der Waals surface area (Å²) in [7, 11) is -3.69. The van der Waals surface area contributed by atoms with Crippen molar-refractivity contribution in [2.75, 3.05) is 26.2 Å². The normalized spacial score (nSPS) is 16.2. The van der Waals surface area contributed by atoms with Crippen molar-refractivity contribution < 1.29 is 13.2 Å². The van der Waals surface area contributed by atoms with E-state index < -0.39 is 10.0 Å². The van der Waals surface area contributed by atoms with Crippen molar-refractivity contribution in [3.63, 3.8) is 0 Å². The SMILES string of the molecule is CC(=O)N1CCN(S(=O)(=O)c2cn(C(C)C)nc2-c2ccccc2)CC1. The Hall–Kier alpha value is -2.19. The third-order valence-electron chi connectivity index (χ3n) is 4.58. The third kappa shape index (κ3) is 3.52. The van der Waals surface area contributed by atoms with E-state index in [-0.39, 0.29) is 16.8 Å². The van der Waals surface area contributed by atoms with Crippen molar-refractivity contribution in [1.82, 2.24) is 19.0 Å². The molecule has 7 nitrogen and oxygen atoms in total. The Labute approximate surface area is 154 Å². The molecule has 1 aromatic carbocycles. The maximum Gasteiger partial charge on any atom is 0.246 e. The highest BCUT2D eigenvalue weighted by atomic mass is 32.2. The summed E-state index contributed by atoms with van der Waals surface area (Å²) in [6.07, 6.45) is 1.61. The molecule has 1 aliphatic rings. The minimum atomic E-state index is -3.69. The number of sulfonamides is 1. The van der Waals surface area contributed by atoms with Gasteiger partial charge in [0.25, 0.3) is 0 Å². The Morgan fingerprint density at radius 2 is 1.69 bits per heavy atom. The summed E-state index contributed by atoms with van der Waals surface area (Å²) in [4.78, 5) is 13.4. The van der Waals surface area contributed by atoms with Crippen molar-refractivity contribution in [2.45, 2.75) is 31.7 Å². The first-order chi connectivity index (χ1) is 12.3. The molecule has 1 aromatic heterocycles. The third-order valence-corrected chi connectivity index (χ3v) is 6.48. The summed E-state index contributed by atoms with van der Waals surface area (Å²) in [6, 6.07) is 9.39. The number of hydrogen-bond acceptors (Lipinski definition) is 4. The van der Waals surface area contributed by atoms with Gasteiger partial charge in [-0.25, -0.2) is 8.42 Å². The van der Waals surface area contributed by atoms with Gasteiger partial charge in [0, 0.05) is 50.9 Å². The zero-order chi connectivity index (χ0) is 18.9. The summed E-state index contributed by atoms with van der Waals surface area (Å²) < 4.78 is 29.7. The van der Waals surface area contributed by atoms with Gasteiger partial charge in [0.15, 0.2) is 0 Å². The summed E-state index contributed by atoms with van der Waals surface area (Å²) in [5, 5.41) is 4.53. The van der Waals surface area contributed by atoms with Gasteiger partial charge in [-0.15, -0.1) is 0 Å². The molecule has 1 aliphatic heterocycles. The minimum absolute atomic E-state index is 0.0281. The molecular formula is C18H24N4O3S. The van der Waals surface area contributed by atoms with Gasteiger partial charge < -0.3 is 4.90 Å². The predicted octanol–water partition coefficient (Wildman–Crippen LogP) is 1.98. The average Bonchev–Trinajstić information content (AvgIpc) is 3.09. The number of aromatic nitrogens is 2. The highest BCUT2D eigenvalue weighted by molar-refractivity contribution is 7.89. The lowest BCUT2D eigenvalue weighted by molar-refractivity contribution is -0.129. The summed E-state index contributed by atoms with van der Waals surface area (Å²) in [5.74, 6) is -0.0281. The lowest BCUT2D eigenvalue weighted by Crippen LogP contribution is -2.49. The largest absolute Gasteiger partial charge is 0.340 e. The lowest BCUT2D eigenvalue weighted by Gasteiger charge is -2.33. The van der Waals surface area contributed by atoms with E-state index in [0.29, 0.717) is 31.9 Å². The Morgan fingerprint density at radius 3 is 2.23 bits per heavy atom. The quantitative estimate of drug-likeness (QED) is 0.818. The van der Waals surface area contributed by atoms with Crippen molar-refractivity contribution in [3.8, 4) is 11.3 Å². The van der Waals surface area contributed by atoms with Gasteiger partial charge in [0.2, 0.25) is 15.9 Å². The van der Waals surface area contributed by atoms with Crippen LogP contribution in [0.1, 0.15) is 26.8 Å². The van der Waals surface area contributed by atoms with Crippen LogP contribution >= 0.6 is 0 Å². The van der Waals surface area contributed by atoms with Crippen LogP contribution in [0.3, 0.4) is 0 Å². The highest BCUT2D eigenvalue weighted by Gasteiger charge is 2.33. The smallest absolute Gasteiger partial charge is 0.246 e. The number of piperazine rings is 1. The van der Waals surface area contributed by atoms with E-state index >= 15 is 0 Å². The molecule has 2 heterocycles. The highest BCUT2D eigenvalue weighted by Crippen LogP contribution is 2.29. The van der Waals surface area contributed by atoms with Crippen LogP contribution in [0.5, 0.6) is 0 Å². The predicted molar refractivity (Wildman–Crippen MR) is 99.1 cm³/mol. The molecule has 140 valence electrons. The first-order valence-corrected chi connectivity index (χ1v) is 10.1. The Kier molecular flexibility index (Phi) is 5.15. The first-order valence-electron chi connectivity index (χ1n) is 8.71. The second-order valence-corrected chi connectivity index (χ2v) is 8.60. The van der Waals surface area contributed by atoms with Crippen molar-refractivity contribution in [1.29, 1.82) is 0 Å². The van der Waals surface area contributed by atoms with Gasteiger partial charge in [0.05, 0.1) is 0 Å². The maximum atomic E-state index is 13.3. The molecule has 0 unspecified atom stereocenters. The van der Waals surface area contributed by atoms with E-state index in [4.69, 9.17) is 0 Å². The van der Waals surface area contributed by atoms with E-state index in [2.05, 4.69) is 5.10 Å². The molecule has 1 amide bonds. The number of amides is 1. The summed E-state index contributed by atoms with van der Waals surface area (Å²) >= 11 is 0. The molecule has 0 spiro atoms. The maximum absolute atomic E-state index is 13.3. The van der Waals surface area contributed by atoms with Crippen LogP contribution < -0.4 is 0 Å². The molecule has 3 rings (SSSR count). The second-order valence-electron chi connectivity index (χ2n) is 6.69. The number of hydrogen-bond donors (Lipinski definition) is 0. The van der Waals surface area contributed by atoms with Gasteiger partial charge in [0.1, 0.15) is 10.6 Å². The molecule has 1 fully saturated rings. The van der Waals surface area contributed by atoms with Crippen LogP contribution in [0.2, 0.25) is 0 Å². The summed E-state index contributed by atoms with van der Waals surface area (Å²) in [5.41, 5.74) is 1.24. The van der Waals surface area contributed by atoms with E-state index in [1.165, 1.54) is 11.2 Å². The molecule has 0 radical (unpaired) electrons. The van der Waals surface area contributed by atoms with Crippen molar-refractivity contribution in [3.05, 3.63) is 36.5 Å². The molecule has 2 aromatic rings. The molecule has 0 saturated carbocycles. The molecule has 0 aliphatic carbocycles. The fourth-order valence-electron chi connectivity index (χ4n) is 3.01. The number of carbonyl (C=O) groups is 1. The van der Waals surface area contributed by atoms with Crippen LogP contribution in [0.25, 0.3) is 11.3 Å². The van der Waals surface area contributed by atoms with Crippen LogP contribution in [-0.4, -0.2) is 59.5 Å². The summed E-state index contributed by atoms with van der Waals surface area (Å²) in [6.45, 7) is 6.84. The first kappa shape index (κ1) is 18.6. The number of benzene rings is 1. The van der Waals surface area contributed by atoms with Crippen LogP contribution in [-0.2, 0) is 14.8 Å². The van der Waals surface area contributed by atoms with Gasteiger partial charge >= 0.3 is 0 Å². The monoisotopic (exact) mass is 376 g/mol.